The van der Waals surface area contributed by atoms with Crippen LogP contribution in [0.3, 0.4) is 0 Å². The standard InChI is InChI=1S/C14H10ClN3O3/c15-12-7-5-10(6-8-12)14(19)17-16-9-11-3-1-2-4-13(11)18(20)21/h1-9H,(H,17,19). The molecule has 0 bridgehead atoms. The van der Waals surface area contributed by atoms with Crippen molar-refractivity contribution in [1.29, 1.82) is 0 Å². The first-order chi connectivity index (χ1) is 10.1. The van der Waals surface area contributed by atoms with Gasteiger partial charge in [0, 0.05) is 16.7 Å². The second kappa shape index (κ2) is 6.62. The van der Waals surface area contributed by atoms with Gasteiger partial charge < -0.3 is 0 Å². The summed E-state index contributed by atoms with van der Waals surface area (Å²) in [5, 5.41) is 15.1. The van der Waals surface area contributed by atoms with Gasteiger partial charge in [-0.2, -0.15) is 5.10 Å². The van der Waals surface area contributed by atoms with E-state index in [0.717, 1.165) is 0 Å². The van der Waals surface area contributed by atoms with Gasteiger partial charge in [-0.15, -0.1) is 0 Å². The molecule has 0 aliphatic heterocycles. The smallest absolute Gasteiger partial charge is 0.267 e. The Morgan fingerprint density at radius 2 is 1.86 bits per heavy atom. The number of hydrogen-bond acceptors (Lipinski definition) is 4. The van der Waals surface area contributed by atoms with Crippen LogP contribution in [-0.4, -0.2) is 17.0 Å². The zero-order chi connectivity index (χ0) is 15.2. The molecule has 6 nitrogen and oxygen atoms in total. The largest absolute Gasteiger partial charge is 0.278 e. The van der Waals surface area contributed by atoms with Crippen LogP contribution in [0.25, 0.3) is 0 Å². The zero-order valence-electron chi connectivity index (χ0n) is 10.7. The molecule has 0 saturated heterocycles. The number of carbonyl (C=O) groups excluding carboxylic acids is 1. The molecule has 1 amide bonds. The topological polar surface area (TPSA) is 84.6 Å². The molecule has 2 aromatic rings. The number of benzene rings is 2. The minimum absolute atomic E-state index is 0.0815. The average molecular weight is 304 g/mol. The SMILES string of the molecule is O=C(NN=Cc1ccccc1[N+](=O)[O-])c1ccc(Cl)cc1. The number of carbonyl (C=O) groups is 1. The number of amides is 1. The molecular weight excluding hydrogens is 294 g/mol. The lowest BCUT2D eigenvalue weighted by Gasteiger charge is -2.00. The van der Waals surface area contributed by atoms with Gasteiger partial charge in [0.05, 0.1) is 16.7 Å². The molecule has 0 heterocycles. The number of hydrazone groups is 1. The van der Waals surface area contributed by atoms with E-state index in [1.54, 1.807) is 36.4 Å². The van der Waals surface area contributed by atoms with E-state index < -0.39 is 10.8 Å². The highest BCUT2D eigenvalue weighted by Gasteiger charge is 2.10. The first-order valence-corrected chi connectivity index (χ1v) is 6.28. The van der Waals surface area contributed by atoms with Gasteiger partial charge in [0.25, 0.3) is 11.6 Å². The third-order valence-corrected chi connectivity index (χ3v) is 2.86. The molecule has 21 heavy (non-hydrogen) atoms. The summed E-state index contributed by atoms with van der Waals surface area (Å²) >= 11 is 5.72. The molecule has 1 N–H and O–H groups in total. The molecule has 0 atom stereocenters. The molecule has 0 spiro atoms. The summed E-state index contributed by atoms with van der Waals surface area (Å²) in [5.41, 5.74) is 2.91. The number of rotatable bonds is 4. The number of para-hydroxylation sites is 1. The third kappa shape index (κ3) is 3.87. The Hall–Kier alpha value is -2.73. The van der Waals surface area contributed by atoms with Gasteiger partial charge in [0.2, 0.25) is 0 Å². The normalized spacial score (nSPS) is 10.5. The van der Waals surface area contributed by atoms with Gasteiger partial charge >= 0.3 is 0 Å². The molecule has 7 heteroatoms. The van der Waals surface area contributed by atoms with Crippen molar-refractivity contribution in [2.75, 3.05) is 0 Å². The van der Waals surface area contributed by atoms with E-state index in [0.29, 0.717) is 16.1 Å². The number of hydrogen-bond donors (Lipinski definition) is 1. The second-order valence-electron chi connectivity index (χ2n) is 4.02. The first kappa shape index (κ1) is 14.7. The fraction of sp³-hybridized carbons (Fsp3) is 0. The van der Waals surface area contributed by atoms with E-state index in [-0.39, 0.29) is 5.69 Å². The minimum atomic E-state index is -0.512. The number of nitro benzene ring substituents is 1. The average Bonchev–Trinajstić information content (AvgIpc) is 2.48. The van der Waals surface area contributed by atoms with Crippen LogP contribution < -0.4 is 5.43 Å². The Morgan fingerprint density at radius 3 is 2.52 bits per heavy atom. The molecule has 0 aliphatic rings. The maximum absolute atomic E-state index is 11.8. The number of halogens is 1. The van der Waals surface area contributed by atoms with Crippen LogP contribution in [0.4, 0.5) is 5.69 Å². The van der Waals surface area contributed by atoms with Gasteiger partial charge in [0.15, 0.2) is 0 Å². The van der Waals surface area contributed by atoms with Crippen LogP contribution in [0.1, 0.15) is 15.9 Å². The number of nitrogens with zero attached hydrogens (tertiary/aromatic N) is 2. The van der Waals surface area contributed by atoms with Crippen molar-refractivity contribution in [3.8, 4) is 0 Å². The summed E-state index contributed by atoms with van der Waals surface area (Å²) in [4.78, 5) is 22.1. The molecule has 0 fully saturated rings. The Morgan fingerprint density at radius 1 is 1.19 bits per heavy atom. The molecule has 0 saturated carbocycles. The molecule has 2 aromatic carbocycles. The van der Waals surface area contributed by atoms with Gasteiger partial charge in [-0.05, 0) is 30.3 Å². The zero-order valence-corrected chi connectivity index (χ0v) is 11.4. The van der Waals surface area contributed by atoms with Crippen molar-refractivity contribution in [3.63, 3.8) is 0 Å². The molecule has 0 radical (unpaired) electrons. The van der Waals surface area contributed by atoms with E-state index in [1.807, 2.05) is 0 Å². The number of nitrogens with one attached hydrogen (secondary N) is 1. The molecule has 0 aliphatic carbocycles. The van der Waals surface area contributed by atoms with E-state index >= 15 is 0 Å². The van der Waals surface area contributed by atoms with Crippen LogP contribution >= 0.6 is 11.6 Å². The minimum Gasteiger partial charge on any atom is -0.267 e. The van der Waals surface area contributed by atoms with Crippen molar-refractivity contribution < 1.29 is 9.72 Å². The van der Waals surface area contributed by atoms with Crippen LogP contribution in [0.15, 0.2) is 53.6 Å². The van der Waals surface area contributed by atoms with E-state index in [1.165, 1.54) is 18.3 Å². The highest BCUT2D eigenvalue weighted by molar-refractivity contribution is 6.30. The Labute approximate surface area is 125 Å². The van der Waals surface area contributed by atoms with Gasteiger partial charge in [-0.3, -0.25) is 14.9 Å². The highest BCUT2D eigenvalue weighted by atomic mass is 35.5. The summed E-state index contributed by atoms with van der Waals surface area (Å²) in [6.07, 6.45) is 1.23. The second-order valence-corrected chi connectivity index (χ2v) is 4.46. The molecule has 2 rings (SSSR count). The summed E-state index contributed by atoms with van der Waals surface area (Å²) in [6, 6.07) is 12.4. The van der Waals surface area contributed by atoms with Crippen LogP contribution in [-0.2, 0) is 0 Å². The Bertz CT molecular complexity index is 699. The first-order valence-electron chi connectivity index (χ1n) is 5.90. The fourth-order valence-corrected chi connectivity index (χ4v) is 1.72. The molecule has 0 unspecified atom stereocenters. The lowest BCUT2D eigenvalue weighted by molar-refractivity contribution is -0.385. The molecule has 0 aromatic heterocycles. The highest BCUT2D eigenvalue weighted by Crippen LogP contribution is 2.15. The van der Waals surface area contributed by atoms with Gasteiger partial charge in [-0.1, -0.05) is 23.7 Å². The monoisotopic (exact) mass is 303 g/mol. The lowest BCUT2D eigenvalue weighted by Crippen LogP contribution is -2.17. The van der Waals surface area contributed by atoms with Crippen LogP contribution in [0.5, 0.6) is 0 Å². The molecule has 106 valence electrons. The van der Waals surface area contributed by atoms with Crippen LogP contribution in [0, 0.1) is 10.1 Å². The van der Waals surface area contributed by atoms with Crippen molar-refractivity contribution in [2.45, 2.75) is 0 Å². The maximum atomic E-state index is 11.8. The van der Waals surface area contributed by atoms with Crippen molar-refractivity contribution in [3.05, 3.63) is 74.8 Å². The van der Waals surface area contributed by atoms with Gasteiger partial charge in [0.1, 0.15) is 0 Å². The molecular formula is C14H10ClN3O3. The summed E-state index contributed by atoms with van der Waals surface area (Å²) in [7, 11) is 0. The Balaban J connectivity index is 2.07. The van der Waals surface area contributed by atoms with Crippen molar-refractivity contribution in [1.82, 2.24) is 5.43 Å². The lowest BCUT2D eigenvalue weighted by atomic mass is 10.2. The summed E-state index contributed by atoms with van der Waals surface area (Å²) < 4.78 is 0. The summed E-state index contributed by atoms with van der Waals surface area (Å²) in [6.45, 7) is 0. The van der Waals surface area contributed by atoms with E-state index in [4.69, 9.17) is 11.6 Å². The van der Waals surface area contributed by atoms with E-state index in [9.17, 15) is 14.9 Å². The van der Waals surface area contributed by atoms with Crippen molar-refractivity contribution >= 4 is 29.4 Å². The third-order valence-electron chi connectivity index (χ3n) is 2.61. The number of nitro groups is 1. The predicted octanol–water partition coefficient (Wildman–Crippen LogP) is 3.01. The maximum Gasteiger partial charge on any atom is 0.278 e. The quantitative estimate of drug-likeness (QED) is 0.535. The van der Waals surface area contributed by atoms with E-state index in [2.05, 4.69) is 10.5 Å². The fourth-order valence-electron chi connectivity index (χ4n) is 1.59. The predicted molar refractivity (Wildman–Crippen MR) is 79.6 cm³/mol. The summed E-state index contributed by atoms with van der Waals surface area (Å²) in [5.74, 6) is -0.429. The van der Waals surface area contributed by atoms with Crippen LogP contribution in [0.2, 0.25) is 5.02 Å². The van der Waals surface area contributed by atoms with Crippen molar-refractivity contribution in [2.24, 2.45) is 5.10 Å². The van der Waals surface area contributed by atoms with Gasteiger partial charge in [-0.25, -0.2) is 5.43 Å². The Kier molecular flexibility index (Phi) is 4.63.